The SMILES string of the molecule is CCn1cc(C#N)c(=O)n(Cc2nnc(-c3ccc(OC)cc3)o2)c1=O. The molecule has 0 saturated heterocycles. The Bertz CT molecular complexity index is 1090. The van der Waals surface area contributed by atoms with E-state index in [1.165, 1.54) is 10.8 Å². The monoisotopic (exact) mass is 353 g/mol. The van der Waals surface area contributed by atoms with Crippen molar-refractivity contribution in [1.82, 2.24) is 19.3 Å². The average Bonchev–Trinajstić information content (AvgIpc) is 3.14. The largest absolute Gasteiger partial charge is 0.497 e. The third-order valence-corrected chi connectivity index (χ3v) is 3.80. The van der Waals surface area contributed by atoms with Crippen LogP contribution in [0.15, 0.2) is 44.5 Å². The van der Waals surface area contributed by atoms with Crippen molar-refractivity contribution in [2.75, 3.05) is 7.11 Å². The number of nitrogens with zero attached hydrogens (tertiary/aromatic N) is 5. The summed E-state index contributed by atoms with van der Waals surface area (Å²) in [6.07, 6.45) is 1.25. The number of methoxy groups -OCH3 is 1. The predicted molar refractivity (Wildman–Crippen MR) is 90.7 cm³/mol. The molecule has 0 aliphatic heterocycles. The Morgan fingerprint density at radius 3 is 2.58 bits per heavy atom. The molecule has 0 spiro atoms. The van der Waals surface area contributed by atoms with E-state index in [0.717, 1.165) is 4.57 Å². The van der Waals surface area contributed by atoms with Crippen molar-refractivity contribution in [3.63, 3.8) is 0 Å². The van der Waals surface area contributed by atoms with Crippen LogP contribution in [0.25, 0.3) is 11.5 Å². The third-order valence-electron chi connectivity index (χ3n) is 3.80. The van der Waals surface area contributed by atoms with Gasteiger partial charge in [0.25, 0.3) is 5.56 Å². The van der Waals surface area contributed by atoms with Crippen LogP contribution in [0.5, 0.6) is 5.75 Å². The van der Waals surface area contributed by atoms with E-state index in [9.17, 15) is 9.59 Å². The van der Waals surface area contributed by atoms with Crippen LogP contribution in [0, 0.1) is 11.3 Å². The molecule has 2 heterocycles. The van der Waals surface area contributed by atoms with Gasteiger partial charge in [0, 0.05) is 18.3 Å². The van der Waals surface area contributed by atoms with Crippen LogP contribution in [0.3, 0.4) is 0 Å². The number of ether oxygens (including phenoxy) is 1. The second-order valence-electron chi connectivity index (χ2n) is 5.34. The lowest BCUT2D eigenvalue weighted by Crippen LogP contribution is -2.41. The quantitative estimate of drug-likeness (QED) is 0.672. The summed E-state index contributed by atoms with van der Waals surface area (Å²) in [5.74, 6) is 1.03. The molecular weight excluding hydrogens is 338 g/mol. The van der Waals surface area contributed by atoms with Gasteiger partial charge in [0.1, 0.15) is 23.9 Å². The summed E-state index contributed by atoms with van der Waals surface area (Å²) in [7, 11) is 1.57. The molecule has 0 aliphatic carbocycles. The van der Waals surface area contributed by atoms with Gasteiger partial charge in [-0.3, -0.25) is 9.36 Å². The topological polar surface area (TPSA) is 116 Å². The summed E-state index contributed by atoms with van der Waals surface area (Å²) in [6.45, 7) is 1.86. The highest BCUT2D eigenvalue weighted by Gasteiger charge is 2.15. The summed E-state index contributed by atoms with van der Waals surface area (Å²) in [5, 5.41) is 16.9. The Morgan fingerprint density at radius 1 is 1.23 bits per heavy atom. The molecule has 0 N–H and O–H groups in total. The summed E-state index contributed by atoms with van der Waals surface area (Å²) in [5.41, 5.74) is -0.679. The lowest BCUT2D eigenvalue weighted by atomic mass is 10.2. The van der Waals surface area contributed by atoms with Crippen molar-refractivity contribution >= 4 is 0 Å². The van der Waals surface area contributed by atoms with Crippen molar-refractivity contribution in [1.29, 1.82) is 5.26 Å². The molecule has 132 valence electrons. The van der Waals surface area contributed by atoms with Crippen LogP contribution >= 0.6 is 0 Å². The van der Waals surface area contributed by atoms with Gasteiger partial charge in [0.05, 0.1) is 7.11 Å². The summed E-state index contributed by atoms with van der Waals surface area (Å²) < 4.78 is 12.8. The van der Waals surface area contributed by atoms with E-state index in [2.05, 4.69) is 10.2 Å². The Kier molecular flexibility index (Phi) is 4.66. The first-order valence-corrected chi connectivity index (χ1v) is 7.78. The van der Waals surface area contributed by atoms with Crippen LogP contribution in [-0.2, 0) is 13.1 Å². The Hall–Kier alpha value is -3.67. The number of benzene rings is 1. The Balaban J connectivity index is 1.96. The van der Waals surface area contributed by atoms with Crippen LogP contribution in [-0.4, -0.2) is 26.4 Å². The van der Waals surface area contributed by atoms with Gasteiger partial charge in [-0.2, -0.15) is 5.26 Å². The number of aromatic nitrogens is 4. The fraction of sp³-hybridized carbons (Fsp3) is 0.235. The van der Waals surface area contributed by atoms with E-state index >= 15 is 0 Å². The van der Waals surface area contributed by atoms with Crippen LogP contribution < -0.4 is 16.0 Å². The molecule has 9 heteroatoms. The van der Waals surface area contributed by atoms with Crippen LogP contribution in [0.2, 0.25) is 0 Å². The first-order chi connectivity index (χ1) is 12.6. The number of rotatable bonds is 5. The maximum atomic E-state index is 12.4. The minimum absolute atomic E-state index is 0.0905. The van der Waals surface area contributed by atoms with E-state index in [4.69, 9.17) is 14.4 Å². The van der Waals surface area contributed by atoms with Crippen LogP contribution in [0.4, 0.5) is 0 Å². The molecule has 0 atom stereocenters. The van der Waals surface area contributed by atoms with Gasteiger partial charge in [-0.1, -0.05) is 0 Å². The normalized spacial score (nSPS) is 10.5. The molecule has 0 bridgehead atoms. The molecule has 1 aromatic carbocycles. The number of aryl methyl sites for hydroxylation is 1. The lowest BCUT2D eigenvalue weighted by Gasteiger charge is -2.07. The van der Waals surface area contributed by atoms with Gasteiger partial charge >= 0.3 is 5.69 Å². The molecule has 0 radical (unpaired) electrons. The van der Waals surface area contributed by atoms with Crippen molar-refractivity contribution in [3.8, 4) is 23.3 Å². The van der Waals surface area contributed by atoms with Gasteiger partial charge in [-0.15, -0.1) is 10.2 Å². The molecule has 0 amide bonds. The zero-order valence-corrected chi connectivity index (χ0v) is 14.2. The fourth-order valence-corrected chi connectivity index (χ4v) is 2.40. The first kappa shape index (κ1) is 17.2. The van der Waals surface area contributed by atoms with Crippen molar-refractivity contribution < 1.29 is 9.15 Å². The molecule has 0 fully saturated rings. The molecule has 0 unspecified atom stereocenters. The van der Waals surface area contributed by atoms with Gasteiger partial charge in [-0.05, 0) is 31.2 Å². The molecule has 9 nitrogen and oxygen atoms in total. The van der Waals surface area contributed by atoms with E-state index in [1.54, 1.807) is 44.4 Å². The zero-order valence-electron chi connectivity index (χ0n) is 14.2. The van der Waals surface area contributed by atoms with Gasteiger partial charge in [-0.25, -0.2) is 9.36 Å². The Morgan fingerprint density at radius 2 is 1.96 bits per heavy atom. The minimum Gasteiger partial charge on any atom is -0.497 e. The molecule has 0 aliphatic rings. The molecule has 0 saturated carbocycles. The second-order valence-corrected chi connectivity index (χ2v) is 5.34. The van der Waals surface area contributed by atoms with Crippen LogP contribution in [0.1, 0.15) is 18.4 Å². The zero-order chi connectivity index (χ0) is 18.7. The molecule has 26 heavy (non-hydrogen) atoms. The van der Waals surface area contributed by atoms with E-state index < -0.39 is 11.2 Å². The maximum Gasteiger partial charge on any atom is 0.331 e. The summed E-state index contributed by atoms with van der Waals surface area (Å²) >= 11 is 0. The average molecular weight is 353 g/mol. The van der Waals surface area contributed by atoms with E-state index in [0.29, 0.717) is 17.9 Å². The fourth-order valence-electron chi connectivity index (χ4n) is 2.40. The number of hydrogen-bond acceptors (Lipinski definition) is 7. The minimum atomic E-state index is -0.689. The first-order valence-electron chi connectivity index (χ1n) is 7.78. The van der Waals surface area contributed by atoms with Crippen molar-refractivity contribution in [3.05, 3.63) is 62.8 Å². The summed E-state index contributed by atoms with van der Waals surface area (Å²) in [4.78, 5) is 24.6. The maximum absolute atomic E-state index is 12.4. The highest BCUT2D eigenvalue weighted by molar-refractivity contribution is 5.53. The molecule has 3 rings (SSSR count). The van der Waals surface area contributed by atoms with Crippen molar-refractivity contribution in [2.24, 2.45) is 0 Å². The lowest BCUT2D eigenvalue weighted by molar-refractivity contribution is 0.415. The van der Waals surface area contributed by atoms with E-state index in [-0.39, 0.29) is 23.9 Å². The van der Waals surface area contributed by atoms with Gasteiger partial charge in [0.2, 0.25) is 11.8 Å². The highest BCUT2D eigenvalue weighted by Crippen LogP contribution is 2.21. The molecule has 3 aromatic rings. The standard InChI is InChI=1S/C17H15N5O4/c1-3-21-9-12(8-18)16(23)22(17(21)24)10-14-19-20-15(26-14)11-4-6-13(25-2)7-5-11/h4-7,9H,3,10H2,1-2H3. The molecular formula is C17H15N5O4. The predicted octanol–water partition coefficient (Wildman–Crippen LogP) is 1.01. The summed E-state index contributed by atoms with van der Waals surface area (Å²) in [6, 6.07) is 8.80. The van der Waals surface area contributed by atoms with Gasteiger partial charge < -0.3 is 9.15 Å². The number of nitriles is 1. The van der Waals surface area contributed by atoms with Crippen molar-refractivity contribution in [2.45, 2.75) is 20.0 Å². The smallest absolute Gasteiger partial charge is 0.331 e. The second kappa shape index (κ2) is 7.06. The highest BCUT2D eigenvalue weighted by atomic mass is 16.5. The Labute approximate surface area is 147 Å². The molecule has 2 aromatic heterocycles. The number of hydrogen-bond donors (Lipinski definition) is 0. The van der Waals surface area contributed by atoms with E-state index in [1.807, 2.05) is 0 Å². The van der Waals surface area contributed by atoms with Gasteiger partial charge in [0.15, 0.2) is 0 Å². The third kappa shape index (κ3) is 3.12.